The highest BCUT2D eigenvalue weighted by Gasteiger charge is 2.30. The number of ether oxygens (including phenoxy) is 1. The standard InChI is InChI=1S/C13H18N2O.ClH/c1-2-4-11(5-3-1)6-15-7-12-9-16-10-13(8-15)14-12;/h1-5,12-14H,6-10H2;1H. The van der Waals surface area contributed by atoms with Gasteiger partial charge in [0.1, 0.15) is 0 Å². The molecule has 3 rings (SSSR count). The van der Waals surface area contributed by atoms with Gasteiger partial charge in [0.25, 0.3) is 0 Å². The molecular formula is C13H19ClN2O. The quantitative estimate of drug-likeness (QED) is 0.861. The Balaban J connectivity index is 0.00000108. The first-order valence-corrected chi connectivity index (χ1v) is 6.00. The van der Waals surface area contributed by atoms with Crippen molar-refractivity contribution in [2.24, 2.45) is 0 Å². The van der Waals surface area contributed by atoms with Crippen molar-refractivity contribution in [1.82, 2.24) is 10.2 Å². The molecular weight excluding hydrogens is 236 g/mol. The summed E-state index contributed by atoms with van der Waals surface area (Å²) in [4.78, 5) is 2.53. The highest BCUT2D eigenvalue weighted by atomic mass is 35.5. The van der Waals surface area contributed by atoms with Gasteiger partial charge in [0.2, 0.25) is 0 Å². The van der Waals surface area contributed by atoms with Crippen LogP contribution < -0.4 is 5.32 Å². The summed E-state index contributed by atoms with van der Waals surface area (Å²) in [5.41, 5.74) is 1.41. The molecule has 2 heterocycles. The van der Waals surface area contributed by atoms with Crippen molar-refractivity contribution in [3.05, 3.63) is 35.9 Å². The van der Waals surface area contributed by atoms with Crippen LogP contribution in [-0.2, 0) is 11.3 Å². The molecule has 2 aliphatic rings. The van der Waals surface area contributed by atoms with E-state index in [1.807, 2.05) is 0 Å². The normalized spacial score (nSPS) is 28.5. The van der Waals surface area contributed by atoms with Crippen LogP contribution in [0.25, 0.3) is 0 Å². The van der Waals surface area contributed by atoms with E-state index in [1.54, 1.807) is 0 Å². The average Bonchev–Trinajstić information content (AvgIpc) is 2.30. The molecule has 1 N–H and O–H groups in total. The molecule has 17 heavy (non-hydrogen) atoms. The Bertz CT molecular complexity index is 335. The number of piperazine rings is 1. The van der Waals surface area contributed by atoms with Crippen molar-refractivity contribution in [3.63, 3.8) is 0 Å². The number of fused-ring (bicyclic) bond motifs is 2. The summed E-state index contributed by atoms with van der Waals surface area (Å²) in [6, 6.07) is 11.8. The SMILES string of the molecule is Cl.c1ccc(CN2CC3COCC(C2)N3)cc1. The molecule has 0 spiro atoms. The predicted octanol–water partition coefficient (Wildman–Crippen LogP) is 1.28. The van der Waals surface area contributed by atoms with Gasteiger partial charge in [-0.1, -0.05) is 30.3 Å². The number of halogens is 1. The molecule has 2 bridgehead atoms. The molecule has 0 aromatic heterocycles. The predicted molar refractivity (Wildman–Crippen MR) is 70.5 cm³/mol. The molecule has 0 aliphatic carbocycles. The Morgan fingerprint density at radius 3 is 2.41 bits per heavy atom. The van der Waals surface area contributed by atoms with Crippen LogP contribution in [0.15, 0.2) is 30.3 Å². The summed E-state index contributed by atoms with van der Waals surface area (Å²) in [5, 5.41) is 3.60. The Labute approximate surface area is 109 Å². The van der Waals surface area contributed by atoms with Gasteiger partial charge in [0.15, 0.2) is 0 Å². The molecule has 2 fully saturated rings. The molecule has 3 nitrogen and oxygen atoms in total. The zero-order chi connectivity index (χ0) is 10.8. The first-order valence-electron chi connectivity index (χ1n) is 6.00. The van der Waals surface area contributed by atoms with Gasteiger partial charge in [0, 0.05) is 31.7 Å². The van der Waals surface area contributed by atoms with Gasteiger partial charge >= 0.3 is 0 Å². The van der Waals surface area contributed by atoms with Crippen LogP contribution in [0.2, 0.25) is 0 Å². The molecule has 0 saturated carbocycles. The zero-order valence-electron chi connectivity index (χ0n) is 9.84. The van der Waals surface area contributed by atoms with Crippen LogP contribution in [0.3, 0.4) is 0 Å². The molecule has 94 valence electrons. The number of morpholine rings is 1. The molecule has 2 atom stereocenters. The average molecular weight is 255 g/mol. The summed E-state index contributed by atoms with van der Waals surface area (Å²) in [5.74, 6) is 0. The van der Waals surface area contributed by atoms with E-state index >= 15 is 0 Å². The van der Waals surface area contributed by atoms with Crippen molar-refractivity contribution in [3.8, 4) is 0 Å². The maximum absolute atomic E-state index is 5.55. The minimum Gasteiger partial charge on any atom is -0.378 e. The largest absolute Gasteiger partial charge is 0.378 e. The summed E-state index contributed by atoms with van der Waals surface area (Å²) >= 11 is 0. The molecule has 1 aromatic rings. The van der Waals surface area contributed by atoms with E-state index in [-0.39, 0.29) is 12.4 Å². The molecule has 2 unspecified atom stereocenters. The number of hydrogen-bond donors (Lipinski definition) is 1. The number of nitrogens with zero attached hydrogens (tertiary/aromatic N) is 1. The lowest BCUT2D eigenvalue weighted by Crippen LogP contribution is -2.62. The molecule has 1 aromatic carbocycles. The fraction of sp³-hybridized carbons (Fsp3) is 0.538. The number of hydrogen-bond acceptors (Lipinski definition) is 3. The van der Waals surface area contributed by atoms with Gasteiger partial charge in [-0.2, -0.15) is 0 Å². The van der Waals surface area contributed by atoms with E-state index in [0.29, 0.717) is 12.1 Å². The third-order valence-electron chi connectivity index (χ3n) is 3.32. The smallest absolute Gasteiger partial charge is 0.0633 e. The first-order chi connectivity index (χ1) is 7.90. The Kier molecular flexibility index (Phi) is 4.40. The van der Waals surface area contributed by atoms with Crippen molar-refractivity contribution >= 4 is 12.4 Å². The highest BCUT2D eigenvalue weighted by molar-refractivity contribution is 5.85. The second kappa shape index (κ2) is 5.83. The maximum Gasteiger partial charge on any atom is 0.0633 e. The van der Waals surface area contributed by atoms with E-state index in [4.69, 9.17) is 4.74 Å². The van der Waals surface area contributed by atoms with Crippen LogP contribution in [0.4, 0.5) is 0 Å². The van der Waals surface area contributed by atoms with Gasteiger partial charge in [-0.3, -0.25) is 4.90 Å². The highest BCUT2D eigenvalue weighted by Crippen LogP contribution is 2.13. The Morgan fingerprint density at radius 1 is 1.12 bits per heavy atom. The summed E-state index contributed by atoms with van der Waals surface area (Å²) < 4.78 is 5.55. The third-order valence-corrected chi connectivity index (χ3v) is 3.32. The molecule has 0 radical (unpaired) electrons. The number of benzene rings is 1. The number of nitrogens with one attached hydrogen (secondary N) is 1. The monoisotopic (exact) mass is 254 g/mol. The minimum absolute atomic E-state index is 0. The van der Waals surface area contributed by atoms with Crippen LogP contribution in [-0.4, -0.2) is 43.3 Å². The van der Waals surface area contributed by atoms with Crippen molar-refractivity contribution < 1.29 is 4.74 Å². The zero-order valence-corrected chi connectivity index (χ0v) is 10.7. The third kappa shape index (κ3) is 3.19. The van der Waals surface area contributed by atoms with Crippen LogP contribution in [0.1, 0.15) is 5.56 Å². The lowest BCUT2D eigenvalue weighted by atomic mass is 10.1. The van der Waals surface area contributed by atoms with Crippen molar-refractivity contribution in [2.75, 3.05) is 26.3 Å². The molecule has 2 aliphatic heterocycles. The molecule has 4 heteroatoms. The van der Waals surface area contributed by atoms with E-state index in [0.717, 1.165) is 32.8 Å². The summed E-state index contributed by atoms with van der Waals surface area (Å²) in [6.07, 6.45) is 0. The van der Waals surface area contributed by atoms with Crippen molar-refractivity contribution in [2.45, 2.75) is 18.6 Å². The Morgan fingerprint density at radius 2 is 1.76 bits per heavy atom. The lowest BCUT2D eigenvalue weighted by molar-refractivity contribution is -0.00870. The minimum atomic E-state index is 0. The topological polar surface area (TPSA) is 24.5 Å². The van der Waals surface area contributed by atoms with Gasteiger partial charge < -0.3 is 10.1 Å². The van der Waals surface area contributed by atoms with E-state index < -0.39 is 0 Å². The lowest BCUT2D eigenvalue weighted by Gasteiger charge is -2.42. The van der Waals surface area contributed by atoms with Crippen LogP contribution in [0.5, 0.6) is 0 Å². The van der Waals surface area contributed by atoms with Gasteiger partial charge in [0.05, 0.1) is 13.2 Å². The van der Waals surface area contributed by atoms with Crippen LogP contribution >= 0.6 is 12.4 Å². The van der Waals surface area contributed by atoms with E-state index in [1.165, 1.54) is 5.56 Å². The van der Waals surface area contributed by atoms with Crippen molar-refractivity contribution in [1.29, 1.82) is 0 Å². The molecule has 2 saturated heterocycles. The fourth-order valence-electron chi connectivity index (χ4n) is 2.66. The summed E-state index contributed by atoms with van der Waals surface area (Å²) in [7, 11) is 0. The fourth-order valence-corrected chi connectivity index (χ4v) is 2.66. The van der Waals surface area contributed by atoms with Crippen LogP contribution in [0, 0.1) is 0 Å². The first kappa shape index (κ1) is 12.8. The molecule has 0 amide bonds. The van der Waals surface area contributed by atoms with Gasteiger partial charge in [-0.05, 0) is 5.56 Å². The second-order valence-corrected chi connectivity index (χ2v) is 4.78. The number of rotatable bonds is 2. The van der Waals surface area contributed by atoms with Gasteiger partial charge in [-0.25, -0.2) is 0 Å². The second-order valence-electron chi connectivity index (χ2n) is 4.78. The maximum atomic E-state index is 5.55. The summed E-state index contributed by atoms with van der Waals surface area (Å²) in [6.45, 7) is 5.00. The van der Waals surface area contributed by atoms with E-state index in [9.17, 15) is 0 Å². The van der Waals surface area contributed by atoms with E-state index in [2.05, 4.69) is 40.5 Å². The van der Waals surface area contributed by atoms with Gasteiger partial charge in [-0.15, -0.1) is 12.4 Å². The Hall–Kier alpha value is -0.610.